The lowest BCUT2D eigenvalue weighted by molar-refractivity contribution is -0.120. The van der Waals surface area contributed by atoms with E-state index in [0.29, 0.717) is 23.6 Å². The van der Waals surface area contributed by atoms with Crippen molar-refractivity contribution in [3.05, 3.63) is 94.4 Å². The van der Waals surface area contributed by atoms with Crippen LogP contribution in [0.3, 0.4) is 0 Å². The van der Waals surface area contributed by atoms with Crippen LogP contribution >= 0.6 is 11.6 Å². The Kier molecular flexibility index (Phi) is 6.47. The van der Waals surface area contributed by atoms with Gasteiger partial charge < -0.3 is 10.1 Å². The van der Waals surface area contributed by atoms with Gasteiger partial charge in [0.25, 0.3) is 11.8 Å². The number of halogens is 2. The number of ether oxygens (including phenoxy) is 1. The quantitative estimate of drug-likeness (QED) is 0.437. The SMILES string of the molecule is CCCOc1cccc(NC2=C(c3ccc(C)cc3)C(=O)N(c3ccc(F)c(Cl)c3)C2=O)c1. The molecule has 33 heavy (non-hydrogen) atoms. The van der Waals surface area contributed by atoms with Gasteiger partial charge in [-0.2, -0.15) is 0 Å². The zero-order valence-electron chi connectivity index (χ0n) is 18.2. The number of rotatable bonds is 7. The highest BCUT2D eigenvalue weighted by Gasteiger charge is 2.40. The Labute approximate surface area is 196 Å². The van der Waals surface area contributed by atoms with E-state index in [1.165, 1.54) is 12.1 Å². The molecule has 3 aromatic rings. The highest BCUT2D eigenvalue weighted by molar-refractivity contribution is 6.46. The van der Waals surface area contributed by atoms with Gasteiger partial charge in [-0.15, -0.1) is 0 Å². The minimum Gasteiger partial charge on any atom is -0.494 e. The first-order valence-electron chi connectivity index (χ1n) is 10.5. The van der Waals surface area contributed by atoms with Gasteiger partial charge in [-0.1, -0.05) is 54.4 Å². The van der Waals surface area contributed by atoms with Gasteiger partial charge in [-0.3, -0.25) is 9.59 Å². The average Bonchev–Trinajstić information content (AvgIpc) is 3.04. The monoisotopic (exact) mass is 464 g/mol. The fourth-order valence-corrected chi connectivity index (χ4v) is 3.70. The molecule has 0 spiro atoms. The molecule has 0 radical (unpaired) electrons. The summed E-state index contributed by atoms with van der Waals surface area (Å²) in [4.78, 5) is 27.9. The van der Waals surface area contributed by atoms with Crippen molar-refractivity contribution in [3.8, 4) is 5.75 Å². The van der Waals surface area contributed by atoms with Gasteiger partial charge >= 0.3 is 0 Å². The van der Waals surface area contributed by atoms with E-state index in [1.54, 1.807) is 30.3 Å². The lowest BCUT2D eigenvalue weighted by Gasteiger charge is -2.16. The second-order valence-electron chi connectivity index (χ2n) is 7.66. The number of anilines is 2. The summed E-state index contributed by atoms with van der Waals surface area (Å²) in [7, 11) is 0. The van der Waals surface area contributed by atoms with E-state index in [9.17, 15) is 14.0 Å². The van der Waals surface area contributed by atoms with Crippen LogP contribution in [0.4, 0.5) is 15.8 Å². The van der Waals surface area contributed by atoms with E-state index in [2.05, 4.69) is 5.32 Å². The largest absolute Gasteiger partial charge is 0.494 e. The molecule has 1 N–H and O–H groups in total. The zero-order chi connectivity index (χ0) is 23.5. The molecular formula is C26H22ClFN2O3. The Morgan fingerprint density at radius 3 is 2.45 bits per heavy atom. The first kappa shape index (κ1) is 22.6. The molecule has 7 heteroatoms. The van der Waals surface area contributed by atoms with E-state index in [1.807, 2.05) is 32.0 Å². The van der Waals surface area contributed by atoms with Gasteiger partial charge in [-0.05, 0) is 49.2 Å². The van der Waals surface area contributed by atoms with Crippen LogP contribution in [0.5, 0.6) is 5.75 Å². The van der Waals surface area contributed by atoms with Crippen molar-refractivity contribution in [3.63, 3.8) is 0 Å². The number of amides is 2. The molecule has 5 nitrogen and oxygen atoms in total. The van der Waals surface area contributed by atoms with Gasteiger partial charge in [0.1, 0.15) is 17.3 Å². The van der Waals surface area contributed by atoms with Crippen molar-refractivity contribution < 1.29 is 18.7 Å². The highest BCUT2D eigenvalue weighted by Crippen LogP contribution is 2.35. The van der Waals surface area contributed by atoms with E-state index in [4.69, 9.17) is 16.3 Å². The van der Waals surface area contributed by atoms with Crippen molar-refractivity contribution >= 4 is 40.4 Å². The average molecular weight is 465 g/mol. The molecule has 0 atom stereocenters. The minimum absolute atomic E-state index is 0.122. The van der Waals surface area contributed by atoms with Crippen molar-refractivity contribution in [1.82, 2.24) is 0 Å². The third-order valence-corrected chi connectivity index (χ3v) is 5.45. The molecule has 0 saturated heterocycles. The molecule has 1 aliphatic heterocycles. The fraction of sp³-hybridized carbons (Fsp3) is 0.154. The number of imide groups is 1. The maximum atomic E-state index is 13.7. The van der Waals surface area contributed by atoms with Crippen LogP contribution in [0.1, 0.15) is 24.5 Å². The minimum atomic E-state index is -0.631. The van der Waals surface area contributed by atoms with Crippen LogP contribution in [0.25, 0.3) is 5.57 Å². The molecule has 0 bridgehead atoms. The smallest absolute Gasteiger partial charge is 0.282 e. The van der Waals surface area contributed by atoms with Crippen LogP contribution < -0.4 is 15.0 Å². The van der Waals surface area contributed by atoms with E-state index in [-0.39, 0.29) is 22.0 Å². The van der Waals surface area contributed by atoms with Crippen LogP contribution in [0.2, 0.25) is 5.02 Å². The van der Waals surface area contributed by atoms with Crippen molar-refractivity contribution in [2.75, 3.05) is 16.8 Å². The predicted octanol–water partition coefficient (Wildman–Crippen LogP) is 5.97. The predicted molar refractivity (Wildman–Crippen MR) is 128 cm³/mol. The van der Waals surface area contributed by atoms with E-state index >= 15 is 0 Å². The van der Waals surface area contributed by atoms with Gasteiger partial charge in [0, 0.05) is 11.8 Å². The number of hydrogen-bond donors (Lipinski definition) is 1. The van der Waals surface area contributed by atoms with Gasteiger partial charge in [0.05, 0.1) is 22.9 Å². The molecular weight excluding hydrogens is 443 g/mol. The van der Waals surface area contributed by atoms with Crippen LogP contribution in [0.15, 0.2) is 72.4 Å². The molecule has 0 aliphatic carbocycles. The van der Waals surface area contributed by atoms with E-state index in [0.717, 1.165) is 23.0 Å². The van der Waals surface area contributed by atoms with Gasteiger partial charge in [-0.25, -0.2) is 9.29 Å². The molecule has 4 rings (SSSR count). The van der Waals surface area contributed by atoms with E-state index < -0.39 is 17.6 Å². The Hall–Kier alpha value is -3.64. The molecule has 168 valence electrons. The molecule has 3 aromatic carbocycles. The second kappa shape index (κ2) is 9.46. The highest BCUT2D eigenvalue weighted by atomic mass is 35.5. The van der Waals surface area contributed by atoms with Crippen molar-refractivity contribution in [2.45, 2.75) is 20.3 Å². The topological polar surface area (TPSA) is 58.6 Å². The maximum Gasteiger partial charge on any atom is 0.282 e. The number of carbonyl (C=O) groups is 2. The lowest BCUT2D eigenvalue weighted by Crippen LogP contribution is -2.32. The normalized spacial score (nSPS) is 13.6. The number of aryl methyl sites for hydroxylation is 1. The molecule has 2 amide bonds. The molecule has 0 aromatic heterocycles. The summed E-state index contributed by atoms with van der Waals surface area (Å²) in [6.45, 7) is 4.52. The van der Waals surface area contributed by atoms with Crippen molar-refractivity contribution in [1.29, 1.82) is 0 Å². The molecule has 0 saturated carbocycles. The Morgan fingerprint density at radius 1 is 1.00 bits per heavy atom. The molecule has 1 aliphatic rings. The van der Waals surface area contributed by atoms with Crippen LogP contribution in [0, 0.1) is 12.7 Å². The molecule has 0 fully saturated rings. The fourth-order valence-electron chi connectivity index (χ4n) is 3.52. The molecule has 1 heterocycles. The molecule has 0 unspecified atom stereocenters. The van der Waals surface area contributed by atoms with Gasteiger partial charge in [0.2, 0.25) is 0 Å². The number of hydrogen-bond acceptors (Lipinski definition) is 4. The lowest BCUT2D eigenvalue weighted by atomic mass is 10.0. The summed E-state index contributed by atoms with van der Waals surface area (Å²) in [6, 6.07) is 18.2. The summed E-state index contributed by atoms with van der Waals surface area (Å²) in [5.41, 5.74) is 2.75. The first-order chi connectivity index (χ1) is 15.9. The summed E-state index contributed by atoms with van der Waals surface area (Å²) in [5.74, 6) is -1.06. The third-order valence-electron chi connectivity index (χ3n) is 5.16. The summed E-state index contributed by atoms with van der Waals surface area (Å²) in [5, 5.41) is 2.93. The number of benzene rings is 3. The third kappa shape index (κ3) is 4.61. The zero-order valence-corrected chi connectivity index (χ0v) is 18.9. The van der Waals surface area contributed by atoms with Crippen molar-refractivity contribution in [2.24, 2.45) is 0 Å². The first-order valence-corrected chi connectivity index (χ1v) is 10.9. The second-order valence-corrected chi connectivity index (χ2v) is 8.07. The van der Waals surface area contributed by atoms with Crippen LogP contribution in [-0.2, 0) is 9.59 Å². The standard InChI is InChI=1S/C26H22ClFN2O3/c1-3-13-33-20-6-4-5-18(14-20)29-24-23(17-9-7-16(2)8-10-17)25(31)30(26(24)32)19-11-12-22(28)21(27)15-19/h4-12,14-15,29H,3,13H2,1-2H3. The Bertz CT molecular complexity index is 1250. The summed E-state index contributed by atoms with van der Waals surface area (Å²) < 4.78 is 19.4. The Balaban J connectivity index is 1.77. The maximum absolute atomic E-state index is 13.7. The Morgan fingerprint density at radius 2 is 1.76 bits per heavy atom. The number of nitrogens with zero attached hydrogens (tertiary/aromatic N) is 1. The van der Waals surface area contributed by atoms with Crippen LogP contribution in [-0.4, -0.2) is 18.4 Å². The van der Waals surface area contributed by atoms with Gasteiger partial charge in [0.15, 0.2) is 0 Å². The number of carbonyl (C=O) groups excluding carboxylic acids is 2. The number of nitrogens with one attached hydrogen (secondary N) is 1. The summed E-state index contributed by atoms with van der Waals surface area (Å²) in [6.07, 6.45) is 0.864. The summed E-state index contributed by atoms with van der Waals surface area (Å²) >= 11 is 5.92.